The predicted octanol–water partition coefficient (Wildman–Crippen LogP) is -0.772. The fourth-order valence-corrected chi connectivity index (χ4v) is 6.05. The van der Waals surface area contributed by atoms with Crippen molar-refractivity contribution >= 4 is 41.7 Å². The third-order valence-electron chi connectivity index (χ3n) is 8.32. The molecule has 19 heteroatoms. The lowest BCUT2D eigenvalue weighted by atomic mass is 9.85. The number of hydrogen-bond donors (Lipinski definition) is 3. The van der Waals surface area contributed by atoms with Crippen molar-refractivity contribution in [2.45, 2.75) is 109 Å². The van der Waals surface area contributed by atoms with Crippen LogP contribution >= 0.6 is 0 Å². The number of terminal acetylenes is 1. The Morgan fingerprint density at radius 1 is 0.870 bits per heavy atom. The molecule has 0 aromatic heterocycles. The quantitative estimate of drug-likeness (QED) is 0.0561. The minimum atomic E-state index is -2.41. The molecule has 0 spiro atoms. The first-order valence-corrected chi connectivity index (χ1v) is 17.5. The highest BCUT2D eigenvalue weighted by Crippen LogP contribution is 2.37. The van der Waals surface area contributed by atoms with Gasteiger partial charge >= 0.3 is 29.8 Å². The highest BCUT2D eigenvalue weighted by atomic mass is 16.7. The minimum absolute atomic E-state index is 0.00917. The van der Waals surface area contributed by atoms with E-state index in [0.29, 0.717) is 25.7 Å². The van der Waals surface area contributed by atoms with Crippen molar-refractivity contribution in [1.82, 2.24) is 10.6 Å². The Morgan fingerprint density at radius 2 is 1.52 bits per heavy atom. The monoisotopic (exact) mass is 772 g/mol. The zero-order chi connectivity index (χ0) is 40.3. The third kappa shape index (κ3) is 15.9. The molecule has 0 bridgehead atoms. The summed E-state index contributed by atoms with van der Waals surface area (Å²) in [4.78, 5) is 88.7. The van der Waals surface area contributed by atoms with E-state index >= 15 is 0 Å². The number of ether oxygens (including phenoxy) is 9. The molecule has 0 aromatic carbocycles. The van der Waals surface area contributed by atoms with Gasteiger partial charge in [0.1, 0.15) is 18.8 Å². The first kappa shape index (κ1) is 45.8. The Bertz CT molecular complexity index is 1330. The molecule has 0 radical (unpaired) electrons. The Kier molecular flexibility index (Phi) is 19.9. The highest BCUT2D eigenvalue weighted by Gasteiger charge is 2.59. The van der Waals surface area contributed by atoms with Gasteiger partial charge in [-0.3, -0.25) is 28.8 Å². The molecule has 1 aliphatic heterocycles. The van der Waals surface area contributed by atoms with E-state index in [-0.39, 0.29) is 45.4 Å². The van der Waals surface area contributed by atoms with Gasteiger partial charge in [-0.05, 0) is 31.6 Å². The summed E-state index contributed by atoms with van der Waals surface area (Å²) in [5.74, 6) is -6.02. The van der Waals surface area contributed by atoms with E-state index in [1.807, 2.05) is 0 Å². The molecular formula is C35H52N2O17. The summed E-state index contributed by atoms with van der Waals surface area (Å²) >= 11 is 0. The maximum absolute atomic E-state index is 13.5. The van der Waals surface area contributed by atoms with Crippen molar-refractivity contribution in [2.24, 2.45) is 5.92 Å². The van der Waals surface area contributed by atoms with Crippen LogP contribution in [-0.2, 0) is 76.2 Å². The molecule has 3 N–H and O–H groups in total. The number of rotatable bonds is 21. The van der Waals surface area contributed by atoms with Gasteiger partial charge in [-0.2, -0.15) is 0 Å². The first-order chi connectivity index (χ1) is 25.6. The van der Waals surface area contributed by atoms with Gasteiger partial charge in [-0.15, -0.1) is 6.42 Å². The van der Waals surface area contributed by atoms with Crippen LogP contribution in [0.2, 0.25) is 0 Å². The zero-order valence-corrected chi connectivity index (χ0v) is 31.3. The van der Waals surface area contributed by atoms with Crippen LogP contribution in [0.15, 0.2) is 0 Å². The van der Waals surface area contributed by atoms with Crippen molar-refractivity contribution in [3.8, 4) is 12.3 Å². The summed E-state index contributed by atoms with van der Waals surface area (Å²) in [7, 11) is 1.03. The summed E-state index contributed by atoms with van der Waals surface area (Å²) in [5, 5.41) is 15.1. The average Bonchev–Trinajstić information content (AvgIpc) is 3.10. The van der Waals surface area contributed by atoms with Crippen LogP contribution < -0.4 is 10.6 Å². The standard InChI is InChI=1S/C35H52N2O17/c1-7-12-47-13-14-48-15-16-50-35(34(45)46-6)18-27(51-22(3)39)31(37-30(44)20-49-21(2)38)33(54-35)32(53-24(5)41)28(52-23(4)40)19-36-29(43)17-25-8-10-26(42)11-9-25/h1,25-28,31-33,42H,8-20H2,2-6H3,(H,36,43)(H,37,44)/t25?,26?,27-,28+,31+,32+,33+,35+/m0/s1. The van der Waals surface area contributed by atoms with Crippen LogP contribution in [0, 0.1) is 18.3 Å². The Hall–Kier alpha value is -4.35. The molecule has 1 saturated carbocycles. The summed E-state index contributed by atoms with van der Waals surface area (Å²) in [6.07, 6.45) is 0.106. The van der Waals surface area contributed by atoms with E-state index in [1.54, 1.807) is 0 Å². The van der Waals surface area contributed by atoms with E-state index < -0.39 is 104 Å². The van der Waals surface area contributed by atoms with Crippen molar-refractivity contribution in [3.63, 3.8) is 0 Å². The third-order valence-corrected chi connectivity index (χ3v) is 8.32. The van der Waals surface area contributed by atoms with Crippen molar-refractivity contribution in [1.29, 1.82) is 0 Å². The fraction of sp³-hybridized carbons (Fsp3) is 0.743. The Labute approximate surface area is 313 Å². The van der Waals surface area contributed by atoms with E-state index in [9.17, 15) is 38.7 Å². The second-order valence-electron chi connectivity index (χ2n) is 12.7. The second kappa shape index (κ2) is 23.4. The minimum Gasteiger partial charge on any atom is -0.465 e. The second-order valence-corrected chi connectivity index (χ2v) is 12.7. The number of aliphatic hydroxyl groups excluding tert-OH is 1. The number of hydrogen-bond acceptors (Lipinski definition) is 17. The number of carbonyl (C=O) groups excluding carboxylic acids is 7. The van der Waals surface area contributed by atoms with E-state index in [1.165, 1.54) is 0 Å². The summed E-state index contributed by atoms with van der Waals surface area (Å²) in [5.41, 5.74) is 0. The lowest BCUT2D eigenvalue weighted by molar-refractivity contribution is -0.315. The van der Waals surface area contributed by atoms with Gasteiger partial charge in [0.2, 0.25) is 5.91 Å². The molecular weight excluding hydrogens is 720 g/mol. The van der Waals surface area contributed by atoms with E-state index in [0.717, 1.165) is 34.8 Å². The van der Waals surface area contributed by atoms with Crippen molar-refractivity contribution < 1.29 is 81.3 Å². The Morgan fingerprint density at radius 3 is 2.11 bits per heavy atom. The van der Waals surface area contributed by atoms with Crippen molar-refractivity contribution in [2.75, 3.05) is 53.3 Å². The smallest absolute Gasteiger partial charge is 0.366 e. The molecule has 1 saturated heterocycles. The Balaban J connectivity index is 2.56. The molecule has 304 valence electrons. The highest BCUT2D eigenvalue weighted by molar-refractivity contribution is 5.81. The topological polar surface area (TPSA) is 247 Å². The molecule has 0 aromatic rings. The number of amides is 2. The van der Waals surface area contributed by atoms with Crippen LogP contribution in [0.25, 0.3) is 0 Å². The van der Waals surface area contributed by atoms with E-state index in [2.05, 4.69) is 16.6 Å². The predicted molar refractivity (Wildman–Crippen MR) is 181 cm³/mol. The lowest BCUT2D eigenvalue weighted by Gasteiger charge is -2.48. The van der Waals surface area contributed by atoms with Gasteiger partial charge in [-0.1, -0.05) is 5.92 Å². The van der Waals surface area contributed by atoms with Gasteiger partial charge in [-0.25, -0.2) is 4.79 Å². The van der Waals surface area contributed by atoms with Crippen molar-refractivity contribution in [3.05, 3.63) is 0 Å². The maximum atomic E-state index is 13.5. The number of esters is 5. The molecule has 1 aliphatic carbocycles. The van der Waals surface area contributed by atoms with Crippen LogP contribution in [-0.4, -0.2) is 142 Å². The molecule has 2 amide bonds. The summed E-state index contributed by atoms with van der Waals surface area (Å²) in [6, 6.07) is -1.49. The number of nitrogens with one attached hydrogen (secondary N) is 2. The van der Waals surface area contributed by atoms with Gasteiger partial charge in [0.25, 0.3) is 11.7 Å². The molecule has 2 aliphatic rings. The summed E-state index contributed by atoms with van der Waals surface area (Å²) in [6.45, 7) is 2.93. The van der Waals surface area contributed by atoms with Gasteiger partial charge in [0.15, 0.2) is 18.8 Å². The fourth-order valence-electron chi connectivity index (χ4n) is 6.05. The number of methoxy groups -OCH3 is 1. The van der Waals surface area contributed by atoms with Gasteiger partial charge < -0.3 is 58.4 Å². The van der Waals surface area contributed by atoms with Crippen LogP contribution in [0.3, 0.4) is 0 Å². The summed E-state index contributed by atoms with van der Waals surface area (Å²) < 4.78 is 49.4. The zero-order valence-electron chi connectivity index (χ0n) is 31.3. The van der Waals surface area contributed by atoms with E-state index in [4.69, 9.17) is 49.1 Å². The van der Waals surface area contributed by atoms with Crippen LogP contribution in [0.4, 0.5) is 0 Å². The number of carbonyl (C=O) groups is 7. The van der Waals surface area contributed by atoms with Gasteiger partial charge in [0, 0.05) is 34.1 Å². The molecule has 1 heterocycles. The number of aliphatic hydroxyl groups is 1. The first-order valence-electron chi connectivity index (χ1n) is 17.5. The molecule has 19 nitrogen and oxygen atoms in total. The molecule has 6 atom stereocenters. The normalized spacial score (nSPS) is 24.7. The average molecular weight is 773 g/mol. The lowest BCUT2D eigenvalue weighted by Crippen LogP contribution is -2.70. The maximum Gasteiger partial charge on any atom is 0.366 e. The molecule has 2 fully saturated rings. The molecule has 2 rings (SSSR count). The van der Waals surface area contributed by atoms with Crippen LogP contribution in [0.5, 0.6) is 0 Å². The van der Waals surface area contributed by atoms with Gasteiger partial charge in [0.05, 0.1) is 58.6 Å². The largest absolute Gasteiger partial charge is 0.465 e. The van der Waals surface area contributed by atoms with Crippen LogP contribution in [0.1, 0.15) is 66.2 Å². The SMILES string of the molecule is C#CCOCCOCCO[C@]1(C(=O)OC)C[C@H](OC(C)=O)[C@@H](NC(=O)COC(C)=O)[C@H]([C@H](OC(C)=O)[C@@H](CNC(=O)CC2CCC(O)CC2)OC(C)=O)O1. The molecule has 54 heavy (non-hydrogen) atoms. The molecule has 0 unspecified atom stereocenters.